The molecule has 0 aliphatic carbocycles. The maximum absolute atomic E-state index is 11.1. The molecular formula is C6H12N2O2Si. The Morgan fingerprint density at radius 3 is 2.00 bits per heavy atom. The Labute approximate surface area is 66.4 Å². The number of carbonyl (C=O) groups is 2. The number of imide groups is 1. The minimum atomic E-state index is -1.57. The number of amides is 3. The molecule has 2 N–H and O–H groups in total. The standard InChI is InChI=1S/C6H12N2O2Si/c1-11(2,3)5-4(9)7-6(10)8-5/h5H,1-3H3,(H2,7,8,9,10). The minimum Gasteiger partial charge on any atom is -0.329 e. The Hall–Kier alpha value is -0.843. The number of hydrogen-bond acceptors (Lipinski definition) is 2. The highest BCUT2D eigenvalue weighted by atomic mass is 28.3. The van der Waals surface area contributed by atoms with Gasteiger partial charge in [0, 0.05) is 0 Å². The zero-order valence-corrected chi connectivity index (χ0v) is 7.89. The van der Waals surface area contributed by atoms with Gasteiger partial charge in [0.15, 0.2) is 0 Å². The van der Waals surface area contributed by atoms with E-state index in [2.05, 4.69) is 10.6 Å². The van der Waals surface area contributed by atoms with Crippen LogP contribution in [0.5, 0.6) is 0 Å². The summed E-state index contributed by atoms with van der Waals surface area (Å²) in [7, 11) is -1.57. The van der Waals surface area contributed by atoms with Crippen LogP contribution in [0.3, 0.4) is 0 Å². The van der Waals surface area contributed by atoms with E-state index in [9.17, 15) is 9.59 Å². The Balaban J connectivity index is 2.76. The molecule has 0 aromatic carbocycles. The van der Waals surface area contributed by atoms with E-state index >= 15 is 0 Å². The second-order valence-electron chi connectivity index (χ2n) is 3.76. The number of carbonyl (C=O) groups excluding carboxylic acids is 2. The molecule has 4 nitrogen and oxygen atoms in total. The van der Waals surface area contributed by atoms with Crippen molar-refractivity contribution >= 4 is 20.0 Å². The van der Waals surface area contributed by atoms with Crippen LogP contribution in [0.15, 0.2) is 0 Å². The molecular weight excluding hydrogens is 160 g/mol. The molecule has 0 bridgehead atoms. The summed E-state index contributed by atoms with van der Waals surface area (Å²) >= 11 is 0. The average molecular weight is 172 g/mol. The van der Waals surface area contributed by atoms with Gasteiger partial charge < -0.3 is 5.32 Å². The molecule has 3 amide bonds. The summed E-state index contributed by atoms with van der Waals surface area (Å²) in [6, 6.07) is -0.359. The molecule has 1 atom stereocenters. The van der Waals surface area contributed by atoms with Gasteiger partial charge in [0.05, 0.1) is 13.7 Å². The van der Waals surface area contributed by atoms with Crippen LogP contribution < -0.4 is 10.6 Å². The lowest BCUT2D eigenvalue weighted by atomic mass is 10.6. The third kappa shape index (κ3) is 1.59. The summed E-state index contributed by atoms with van der Waals surface area (Å²) in [4.78, 5) is 21.8. The third-order valence-corrected chi connectivity index (χ3v) is 3.78. The van der Waals surface area contributed by atoms with E-state index in [1.54, 1.807) is 0 Å². The molecule has 5 heteroatoms. The average Bonchev–Trinajstić information content (AvgIpc) is 2.08. The normalized spacial score (nSPS) is 24.8. The Kier molecular flexibility index (Phi) is 1.75. The maximum atomic E-state index is 11.1. The Morgan fingerprint density at radius 2 is 1.82 bits per heavy atom. The summed E-state index contributed by atoms with van der Waals surface area (Å²) < 4.78 is 0. The fraction of sp³-hybridized carbons (Fsp3) is 0.667. The molecule has 0 aromatic rings. The largest absolute Gasteiger partial charge is 0.329 e. The molecule has 0 saturated carbocycles. The molecule has 62 valence electrons. The first-order chi connectivity index (χ1) is 4.91. The van der Waals surface area contributed by atoms with Gasteiger partial charge >= 0.3 is 6.03 Å². The van der Waals surface area contributed by atoms with Gasteiger partial charge in [-0.05, 0) is 0 Å². The van der Waals surface area contributed by atoms with E-state index < -0.39 is 8.07 Å². The van der Waals surface area contributed by atoms with Crippen LogP contribution in [0.1, 0.15) is 0 Å². The predicted molar refractivity (Wildman–Crippen MR) is 43.8 cm³/mol. The van der Waals surface area contributed by atoms with Crippen LogP contribution in [-0.2, 0) is 4.79 Å². The molecule has 0 spiro atoms. The van der Waals surface area contributed by atoms with Crippen LogP contribution in [0.4, 0.5) is 4.79 Å². The van der Waals surface area contributed by atoms with Crippen molar-refractivity contribution in [2.75, 3.05) is 0 Å². The van der Waals surface area contributed by atoms with Crippen molar-refractivity contribution in [2.24, 2.45) is 0 Å². The number of nitrogens with one attached hydrogen (secondary N) is 2. The van der Waals surface area contributed by atoms with Gasteiger partial charge in [0.1, 0.15) is 0 Å². The van der Waals surface area contributed by atoms with Crippen LogP contribution in [0.2, 0.25) is 19.6 Å². The van der Waals surface area contributed by atoms with E-state index in [1.165, 1.54) is 0 Å². The van der Waals surface area contributed by atoms with Crippen molar-refractivity contribution in [1.82, 2.24) is 10.6 Å². The first kappa shape index (κ1) is 8.26. The lowest BCUT2D eigenvalue weighted by Gasteiger charge is -2.20. The van der Waals surface area contributed by atoms with E-state index in [0.29, 0.717) is 0 Å². The lowest BCUT2D eigenvalue weighted by Crippen LogP contribution is -2.49. The summed E-state index contributed by atoms with van der Waals surface area (Å²) in [5, 5.41) is 4.82. The number of hydrogen-bond donors (Lipinski definition) is 2. The fourth-order valence-electron chi connectivity index (χ4n) is 1.03. The smallest absolute Gasteiger partial charge is 0.321 e. The van der Waals surface area contributed by atoms with Crippen LogP contribution in [0, 0.1) is 0 Å². The third-order valence-electron chi connectivity index (χ3n) is 1.64. The highest BCUT2D eigenvalue weighted by Gasteiger charge is 2.39. The molecule has 1 fully saturated rings. The SMILES string of the molecule is C[Si](C)(C)C1NC(=O)NC1=O. The van der Waals surface area contributed by atoms with Crippen molar-refractivity contribution in [3.05, 3.63) is 0 Å². The van der Waals surface area contributed by atoms with Gasteiger partial charge in [0.2, 0.25) is 5.91 Å². The van der Waals surface area contributed by atoms with Gasteiger partial charge in [-0.25, -0.2) is 4.79 Å². The first-order valence-corrected chi connectivity index (χ1v) is 7.10. The van der Waals surface area contributed by atoms with Gasteiger partial charge in [0.25, 0.3) is 0 Å². The summed E-state index contributed by atoms with van der Waals surface area (Å²) in [6.07, 6.45) is 0. The molecule has 0 radical (unpaired) electrons. The zero-order chi connectivity index (χ0) is 8.65. The van der Waals surface area contributed by atoms with Crippen LogP contribution >= 0.6 is 0 Å². The topological polar surface area (TPSA) is 58.2 Å². The number of urea groups is 1. The predicted octanol–water partition coefficient (Wildman–Crippen LogP) is 0.0718. The van der Waals surface area contributed by atoms with Crippen molar-refractivity contribution in [1.29, 1.82) is 0 Å². The van der Waals surface area contributed by atoms with Crippen molar-refractivity contribution in [3.63, 3.8) is 0 Å². The lowest BCUT2D eigenvalue weighted by molar-refractivity contribution is -0.118. The van der Waals surface area contributed by atoms with E-state index in [1.807, 2.05) is 19.6 Å². The monoisotopic (exact) mass is 172 g/mol. The first-order valence-electron chi connectivity index (χ1n) is 3.52. The van der Waals surface area contributed by atoms with E-state index in [-0.39, 0.29) is 17.6 Å². The summed E-state index contributed by atoms with van der Waals surface area (Å²) in [5.74, 6) is -0.172. The fourth-order valence-corrected chi connectivity index (χ4v) is 2.45. The van der Waals surface area contributed by atoms with Gasteiger partial charge in [-0.15, -0.1) is 0 Å². The van der Waals surface area contributed by atoms with Crippen LogP contribution in [0.25, 0.3) is 0 Å². The second-order valence-corrected chi connectivity index (χ2v) is 9.07. The molecule has 1 rings (SSSR count). The minimum absolute atomic E-state index is 0.172. The van der Waals surface area contributed by atoms with Gasteiger partial charge in [-0.3, -0.25) is 10.1 Å². The maximum Gasteiger partial charge on any atom is 0.321 e. The molecule has 1 unspecified atom stereocenters. The molecule has 1 saturated heterocycles. The highest BCUT2D eigenvalue weighted by Crippen LogP contribution is 2.10. The van der Waals surface area contributed by atoms with Crippen molar-refractivity contribution in [2.45, 2.75) is 25.3 Å². The van der Waals surface area contributed by atoms with Gasteiger partial charge in [-0.2, -0.15) is 0 Å². The van der Waals surface area contributed by atoms with Crippen molar-refractivity contribution in [3.8, 4) is 0 Å². The zero-order valence-electron chi connectivity index (χ0n) is 6.89. The molecule has 1 aliphatic rings. The molecule has 1 aliphatic heterocycles. The summed E-state index contributed by atoms with van der Waals surface area (Å²) in [5.41, 5.74) is -0.255. The van der Waals surface area contributed by atoms with E-state index in [4.69, 9.17) is 0 Å². The quantitative estimate of drug-likeness (QED) is 0.434. The molecule has 1 heterocycles. The Morgan fingerprint density at radius 1 is 1.27 bits per heavy atom. The van der Waals surface area contributed by atoms with Crippen LogP contribution in [-0.4, -0.2) is 25.7 Å². The summed E-state index contributed by atoms with van der Waals surface area (Å²) in [6.45, 7) is 6.13. The highest BCUT2D eigenvalue weighted by molar-refractivity contribution is 6.81. The number of rotatable bonds is 1. The molecule has 0 aromatic heterocycles. The Bertz CT molecular complexity index is 209. The molecule has 11 heavy (non-hydrogen) atoms. The van der Waals surface area contributed by atoms with E-state index in [0.717, 1.165) is 0 Å². The van der Waals surface area contributed by atoms with Gasteiger partial charge in [-0.1, -0.05) is 19.6 Å². The second kappa shape index (κ2) is 2.33. The van der Waals surface area contributed by atoms with Crippen molar-refractivity contribution < 1.29 is 9.59 Å².